The molecule has 0 aliphatic carbocycles. The van der Waals surface area contributed by atoms with Crippen molar-refractivity contribution in [2.45, 2.75) is 5.16 Å². The minimum atomic E-state index is 0.334. The maximum absolute atomic E-state index is 5.51. The molecule has 70 valence electrons. The van der Waals surface area contributed by atoms with Gasteiger partial charge in [-0.25, -0.2) is 9.97 Å². The van der Waals surface area contributed by atoms with Gasteiger partial charge >= 0.3 is 0 Å². The second-order valence-corrected chi connectivity index (χ2v) is 3.68. The standard InChI is InChI=1S/C7H9BrN4S/c8-2-1-3-13-7-11-4-5(9)6(10)12-7/h1-2,4H,3,9H2,(H2,10,11,12)/b2-1+. The van der Waals surface area contributed by atoms with Crippen LogP contribution < -0.4 is 11.5 Å². The number of anilines is 2. The minimum Gasteiger partial charge on any atom is -0.394 e. The molecule has 0 saturated heterocycles. The number of aromatic nitrogens is 2. The normalized spacial score (nSPS) is 10.8. The van der Waals surface area contributed by atoms with Gasteiger partial charge in [-0.2, -0.15) is 0 Å². The topological polar surface area (TPSA) is 77.8 Å². The van der Waals surface area contributed by atoms with Gasteiger partial charge in [-0.05, 0) is 4.99 Å². The summed E-state index contributed by atoms with van der Waals surface area (Å²) < 4.78 is 0. The first-order chi connectivity index (χ1) is 6.24. The lowest BCUT2D eigenvalue weighted by Crippen LogP contribution is -2.00. The highest BCUT2D eigenvalue weighted by molar-refractivity contribution is 9.11. The molecule has 0 bridgehead atoms. The molecule has 1 rings (SSSR count). The van der Waals surface area contributed by atoms with E-state index in [2.05, 4.69) is 25.9 Å². The van der Waals surface area contributed by atoms with Crippen LogP contribution in [0.15, 0.2) is 22.4 Å². The zero-order valence-electron chi connectivity index (χ0n) is 6.77. The van der Waals surface area contributed by atoms with Gasteiger partial charge < -0.3 is 11.5 Å². The summed E-state index contributed by atoms with van der Waals surface area (Å²) in [5, 5.41) is 0.636. The molecule has 1 aromatic heterocycles. The van der Waals surface area contributed by atoms with E-state index in [-0.39, 0.29) is 0 Å². The Hall–Kier alpha value is -0.750. The van der Waals surface area contributed by atoms with E-state index in [0.717, 1.165) is 5.75 Å². The van der Waals surface area contributed by atoms with Crippen LogP contribution in [0, 0.1) is 0 Å². The van der Waals surface area contributed by atoms with E-state index < -0.39 is 0 Å². The molecule has 0 aromatic carbocycles. The summed E-state index contributed by atoms with van der Waals surface area (Å²) in [7, 11) is 0. The Morgan fingerprint density at radius 1 is 1.54 bits per heavy atom. The Labute approximate surface area is 88.9 Å². The smallest absolute Gasteiger partial charge is 0.189 e. The Balaban J connectivity index is 2.63. The SMILES string of the molecule is Nc1cnc(SC/C=C/Br)nc1N. The van der Waals surface area contributed by atoms with Crippen LogP contribution in [0.1, 0.15) is 0 Å². The molecule has 0 radical (unpaired) electrons. The first-order valence-corrected chi connectivity index (χ1v) is 5.40. The summed E-state index contributed by atoms with van der Waals surface area (Å²) in [4.78, 5) is 9.80. The van der Waals surface area contributed by atoms with Gasteiger partial charge in [0, 0.05) is 5.75 Å². The largest absolute Gasteiger partial charge is 0.394 e. The maximum Gasteiger partial charge on any atom is 0.189 e. The fraction of sp³-hybridized carbons (Fsp3) is 0.143. The highest BCUT2D eigenvalue weighted by Gasteiger charge is 1.99. The van der Waals surface area contributed by atoms with Crippen LogP contribution in [-0.4, -0.2) is 15.7 Å². The van der Waals surface area contributed by atoms with E-state index in [1.165, 1.54) is 18.0 Å². The lowest BCUT2D eigenvalue weighted by molar-refractivity contribution is 0.981. The molecule has 13 heavy (non-hydrogen) atoms. The molecular weight excluding hydrogens is 252 g/mol. The summed E-state index contributed by atoms with van der Waals surface area (Å²) in [6.45, 7) is 0. The zero-order chi connectivity index (χ0) is 9.68. The third-order valence-corrected chi connectivity index (χ3v) is 2.41. The van der Waals surface area contributed by atoms with E-state index in [0.29, 0.717) is 16.7 Å². The van der Waals surface area contributed by atoms with Gasteiger partial charge in [0.1, 0.15) is 0 Å². The van der Waals surface area contributed by atoms with Crippen LogP contribution in [0.25, 0.3) is 0 Å². The van der Waals surface area contributed by atoms with E-state index in [9.17, 15) is 0 Å². The lowest BCUT2D eigenvalue weighted by Gasteiger charge is -2.00. The molecule has 0 atom stereocenters. The van der Waals surface area contributed by atoms with Crippen LogP contribution in [0.3, 0.4) is 0 Å². The van der Waals surface area contributed by atoms with Gasteiger partial charge in [0.15, 0.2) is 11.0 Å². The molecule has 4 N–H and O–H groups in total. The van der Waals surface area contributed by atoms with E-state index in [4.69, 9.17) is 11.5 Å². The Bertz CT molecular complexity index is 315. The Morgan fingerprint density at radius 2 is 2.31 bits per heavy atom. The van der Waals surface area contributed by atoms with Crippen LogP contribution in [0.5, 0.6) is 0 Å². The number of nitrogens with two attached hydrogens (primary N) is 2. The fourth-order valence-electron chi connectivity index (χ4n) is 0.616. The van der Waals surface area contributed by atoms with E-state index in [1.54, 1.807) is 4.99 Å². The molecule has 6 heteroatoms. The predicted molar refractivity (Wildman–Crippen MR) is 59.6 cm³/mol. The zero-order valence-corrected chi connectivity index (χ0v) is 9.18. The second-order valence-electron chi connectivity index (χ2n) is 2.17. The van der Waals surface area contributed by atoms with Gasteiger partial charge in [0.2, 0.25) is 0 Å². The molecule has 0 saturated carbocycles. The van der Waals surface area contributed by atoms with Crippen molar-refractivity contribution in [1.29, 1.82) is 0 Å². The van der Waals surface area contributed by atoms with Crippen LogP contribution >= 0.6 is 27.7 Å². The van der Waals surface area contributed by atoms with Gasteiger partial charge in [0.25, 0.3) is 0 Å². The number of hydrogen-bond donors (Lipinski definition) is 2. The predicted octanol–water partition coefficient (Wildman–Crippen LogP) is 1.64. The first-order valence-electron chi connectivity index (χ1n) is 3.50. The van der Waals surface area contributed by atoms with Crippen LogP contribution in [0.2, 0.25) is 0 Å². The molecule has 0 aliphatic rings. The molecule has 0 fully saturated rings. The molecule has 0 aliphatic heterocycles. The summed E-state index contributed by atoms with van der Waals surface area (Å²) in [5.74, 6) is 1.13. The number of halogens is 1. The molecule has 1 aromatic rings. The first kappa shape index (κ1) is 10.3. The molecule has 4 nitrogen and oxygen atoms in total. The van der Waals surface area contributed by atoms with Gasteiger partial charge in [-0.15, -0.1) is 0 Å². The molecule has 0 spiro atoms. The molecule has 0 unspecified atom stereocenters. The summed E-state index contributed by atoms with van der Waals surface area (Å²) in [6, 6.07) is 0. The van der Waals surface area contributed by atoms with Gasteiger partial charge in [-0.3, -0.25) is 0 Å². The number of thioether (sulfide) groups is 1. The van der Waals surface area contributed by atoms with Crippen molar-refractivity contribution in [1.82, 2.24) is 9.97 Å². The molecular formula is C7H9BrN4S. The van der Waals surface area contributed by atoms with Crippen LogP contribution in [0.4, 0.5) is 11.5 Å². The number of nitrogens with zero attached hydrogens (tertiary/aromatic N) is 2. The summed E-state index contributed by atoms with van der Waals surface area (Å²) in [6.07, 6.45) is 3.46. The lowest BCUT2D eigenvalue weighted by atomic mass is 10.5. The Kier molecular flexibility index (Phi) is 4.04. The van der Waals surface area contributed by atoms with Crippen LogP contribution in [-0.2, 0) is 0 Å². The average Bonchev–Trinajstić information content (AvgIpc) is 2.12. The second kappa shape index (κ2) is 5.08. The third-order valence-electron chi connectivity index (χ3n) is 1.22. The summed E-state index contributed by atoms with van der Waals surface area (Å²) >= 11 is 4.66. The number of hydrogen-bond acceptors (Lipinski definition) is 5. The van der Waals surface area contributed by atoms with Gasteiger partial charge in [0.05, 0.1) is 11.9 Å². The molecule has 1 heterocycles. The average molecular weight is 261 g/mol. The van der Waals surface area contributed by atoms with E-state index >= 15 is 0 Å². The quantitative estimate of drug-likeness (QED) is 0.638. The number of nitrogen functional groups attached to an aromatic ring is 2. The minimum absolute atomic E-state index is 0.334. The third kappa shape index (κ3) is 3.23. The Morgan fingerprint density at radius 3 is 2.92 bits per heavy atom. The monoisotopic (exact) mass is 260 g/mol. The van der Waals surface area contributed by atoms with Crippen molar-refractivity contribution in [3.05, 3.63) is 17.3 Å². The molecule has 0 amide bonds. The van der Waals surface area contributed by atoms with Crippen molar-refractivity contribution in [3.8, 4) is 0 Å². The van der Waals surface area contributed by atoms with Crippen molar-refractivity contribution in [3.63, 3.8) is 0 Å². The van der Waals surface area contributed by atoms with Gasteiger partial charge in [-0.1, -0.05) is 33.8 Å². The fourth-order valence-corrected chi connectivity index (χ4v) is 1.68. The maximum atomic E-state index is 5.51. The van der Waals surface area contributed by atoms with Crippen molar-refractivity contribution >= 4 is 39.2 Å². The number of rotatable bonds is 3. The summed E-state index contributed by atoms with van der Waals surface area (Å²) in [5.41, 5.74) is 11.4. The van der Waals surface area contributed by atoms with E-state index in [1.807, 2.05) is 6.08 Å². The van der Waals surface area contributed by atoms with Crippen molar-refractivity contribution < 1.29 is 0 Å². The van der Waals surface area contributed by atoms with Crippen molar-refractivity contribution in [2.24, 2.45) is 0 Å². The highest BCUT2D eigenvalue weighted by Crippen LogP contribution is 2.17. The highest BCUT2D eigenvalue weighted by atomic mass is 79.9. The van der Waals surface area contributed by atoms with Crippen molar-refractivity contribution in [2.75, 3.05) is 17.2 Å².